The summed E-state index contributed by atoms with van der Waals surface area (Å²) >= 11 is 5.80. The third-order valence-electron chi connectivity index (χ3n) is 2.75. The molecule has 0 amide bonds. The predicted octanol–water partition coefficient (Wildman–Crippen LogP) is 2.54. The number of benzene rings is 1. The molecule has 1 heterocycles. The van der Waals surface area contributed by atoms with E-state index >= 15 is 0 Å². The number of halogens is 1. The highest BCUT2D eigenvalue weighted by atomic mass is 35.5. The number of sulfonamides is 1. The molecular weight excluding hydrogens is 316 g/mol. The van der Waals surface area contributed by atoms with Gasteiger partial charge in [0.1, 0.15) is 5.82 Å². The fourth-order valence-electron chi connectivity index (χ4n) is 1.77. The molecule has 0 aliphatic carbocycles. The minimum absolute atomic E-state index is 0.0272. The summed E-state index contributed by atoms with van der Waals surface area (Å²) in [6.07, 6.45) is 1.44. The van der Waals surface area contributed by atoms with Gasteiger partial charge in [-0.3, -0.25) is 4.72 Å². The SMILES string of the molecule is Cc1c(C(=O)O)cc(Cl)cc1S(=O)(=O)Nc1ccccn1. The molecule has 2 N–H and O–H groups in total. The van der Waals surface area contributed by atoms with E-state index in [0.29, 0.717) is 0 Å². The maximum Gasteiger partial charge on any atom is 0.336 e. The lowest BCUT2D eigenvalue weighted by Gasteiger charge is -2.12. The van der Waals surface area contributed by atoms with Crippen molar-refractivity contribution in [1.29, 1.82) is 0 Å². The van der Waals surface area contributed by atoms with Crippen molar-refractivity contribution in [2.45, 2.75) is 11.8 Å². The number of carboxylic acids is 1. The summed E-state index contributed by atoms with van der Waals surface area (Å²) < 4.78 is 27.0. The van der Waals surface area contributed by atoms with Crippen LogP contribution in [0, 0.1) is 6.92 Å². The number of pyridine rings is 1. The zero-order chi connectivity index (χ0) is 15.6. The first-order valence-corrected chi connectivity index (χ1v) is 7.64. The third-order valence-corrected chi connectivity index (χ3v) is 4.45. The van der Waals surface area contributed by atoms with E-state index in [-0.39, 0.29) is 26.9 Å². The third kappa shape index (κ3) is 3.32. The van der Waals surface area contributed by atoms with Crippen LogP contribution in [0.2, 0.25) is 5.02 Å². The standard InChI is InChI=1S/C13H11ClN2O4S/c1-8-10(13(17)18)6-9(14)7-11(8)21(19,20)16-12-4-2-3-5-15-12/h2-7H,1H3,(H,15,16)(H,17,18). The Hall–Kier alpha value is -2.12. The van der Waals surface area contributed by atoms with Crippen LogP contribution in [0.4, 0.5) is 5.82 Å². The minimum Gasteiger partial charge on any atom is -0.478 e. The molecule has 0 unspecified atom stereocenters. The fraction of sp³-hybridized carbons (Fsp3) is 0.0769. The smallest absolute Gasteiger partial charge is 0.336 e. The van der Waals surface area contributed by atoms with Crippen LogP contribution in [0.1, 0.15) is 15.9 Å². The van der Waals surface area contributed by atoms with Gasteiger partial charge in [0.25, 0.3) is 10.0 Å². The van der Waals surface area contributed by atoms with Crippen molar-refractivity contribution in [2.24, 2.45) is 0 Å². The number of aromatic nitrogens is 1. The van der Waals surface area contributed by atoms with Crippen LogP contribution in [-0.2, 0) is 10.0 Å². The number of rotatable bonds is 4. The number of carboxylic acid groups (broad SMARTS) is 1. The second-order valence-electron chi connectivity index (χ2n) is 4.20. The lowest BCUT2D eigenvalue weighted by Crippen LogP contribution is -2.16. The number of carbonyl (C=O) groups is 1. The van der Waals surface area contributed by atoms with E-state index in [1.807, 2.05) is 0 Å². The molecule has 0 fully saturated rings. The molecule has 2 rings (SSSR count). The Morgan fingerprint density at radius 3 is 2.62 bits per heavy atom. The molecule has 2 aromatic rings. The first-order chi connectivity index (χ1) is 9.81. The molecule has 0 spiro atoms. The van der Waals surface area contributed by atoms with Gasteiger partial charge in [0.15, 0.2) is 0 Å². The number of nitrogens with one attached hydrogen (secondary N) is 1. The zero-order valence-corrected chi connectivity index (χ0v) is 12.4. The Bertz CT molecular complexity index is 791. The zero-order valence-electron chi connectivity index (χ0n) is 10.9. The van der Waals surface area contributed by atoms with Gasteiger partial charge in [-0.05, 0) is 36.8 Å². The highest BCUT2D eigenvalue weighted by Gasteiger charge is 2.22. The first kappa shape index (κ1) is 15.3. The van der Waals surface area contributed by atoms with E-state index in [0.717, 1.165) is 0 Å². The van der Waals surface area contributed by atoms with E-state index in [9.17, 15) is 13.2 Å². The van der Waals surface area contributed by atoms with Gasteiger partial charge in [-0.15, -0.1) is 0 Å². The van der Waals surface area contributed by atoms with Gasteiger partial charge < -0.3 is 5.11 Å². The summed E-state index contributed by atoms with van der Waals surface area (Å²) in [6.45, 7) is 1.41. The maximum atomic E-state index is 12.3. The number of anilines is 1. The summed E-state index contributed by atoms with van der Waals surface area (Å²) in [4.78, 5) is 14.8. The maximum absolute atomic E-state index is 12.3. The number of hydrogen-bond acceptors (Lipinski definition) is 4. The summed E-state index contributed by atoms with van der Waals surface area (Å²) in [7, 11) is -3.98. The summed E-state index contributed by atoms with van der Waals surface area (Å²) in [5, 5.41) is 9.11. The van der Waals surface area contributed by atoms with Crippen molar-refractivity contribution in [3.63, 3.8) is 0 Å². The summed E-state index contributed by atoms with van der Waals surface area (Å²) in [5.41, 5.74) is -0.0563. The van der Waals surface area contributed by atoms with Crippen molar-refractivity contribution in [3.05, 3.63) is 52.7 Å². The Kier molecular flexibility index (Phi) is 4.15. The van der Waals surface area contributed by atoms with Crippen molar-refractivity contribution < 1.29 is 18.3 Å². The van der Waals surface area contributed by atoms with E-state index in [2.05, 4.69) is 9.71 Å². The molecule has 0 saturated heterocycles. The molecular formula is C13H11ClN2O4S. The molecule has 0 aliphatic rings. The lowest BCUT2D eigenvalue weighted by atomic mass is 10.1. The number of nitrogens with zero attached hydrogens (tertiary/aromatic N) is 1. The van der Waals surface area contributed by atoms with E-state index < -0.39 is 16.0 Å². The van der Waals surface area contributed by atoms with Gasteiger partial charge in [0, 0.05) is 11.2 Å². The summed E-state index contributed by atoms with van der Waals surface area (Å²) in [6, 6.07) is 7.16. The molecule has 0 bridgehead atoms. The highest BCUT2D eigenvalue weighted by Crippen LogP contribution is 2.26. The Balaban J connectivity index is 2.53. The van der Waals surface area contributed by atoms with Crippen LogP contribution in [0.3, 0.4) is 0 Å². The van der Waals surface area contributed by atoms with E-state index in [4.69, 9.17) is 16.7 Å². The van der Waals surface area contributed by atoms with Crippen LogP contribution in [-0.4, -0.2) is 24.5 Å². The molecule has 0 radical (unpaired) electrons. The second kappa shape index (κ2) is 5.71. The normalized spacial score (nSPS) is 11.1. The quantitative estimate of drug-likeness (QED) is 0.900. The average Bonchev–Trinajstić information content (AvgIpc) is 2.41. The van der Waals surface area contributed by atoms with Crippen molar-refractivity contribution in [3.8, 4) is 0 Å². The molecule has 8 heteroatoms. The monoisotopic (exact) mass is 326 g/mol. The molecule has 110 valence electrons. The topological polar surface area (TPSA) is 96.4 Å². The van der Waals surface area contributed by atoms with Crippen LogP contribution in [0.25, 0.3) is 0 Å². The van der Waals surface area contributed by atoms with E-state index in [1.165, 1.54) is 31.3 Å². The number of aromatic carboxylic acids is 1. The highest BCUT2D eigenvalue weighted by molar-refractivity contribution is 7.92. The minimum atomic E-state index is -3.98. The second-order valence-corrected chi connectivity index (χ2v) is 6.29. The molecule has 1 aromatic carbocycles. The van der Waals surface area contributed by atoms with Crippen molar-refractivity contribution >= 4 is 33.4 Å². The Morgan fingerprint density at radius 2 is 2.05 bits per heavy atom. The predicted molar refractivity (Wildman–Crippen MR) is 78.2 cm³/mol. The largest absolute Gasteiger partial charge is 0.478 e. The first-order valence-electron chi connectivity index (χ1n) is 5.78. The van der Waals surface area contributed by atoms with Crippen molar-refractivity contribution in [1.82, 2.24) is 4.98 Å². The number of hydrogen-bond donors (Lipinski definition) is 2. The molecule has 0 aliphatic heterocycles. The van der Waals surface area contributed by atoms with Crippen LogP contribution in [0.15, 0.2) is 41.4 Å². The van der Waals surface area contributed by atoms with Crippen LogP contribution >= 0.6 is 11.6 Å². The van der Waals surface area contributed by atoms with Crippen LogP contribution in [0.5, 0.6) is 0 Å². The average molecular weight is 327 g/mol. The summed E-state index contributed by atoms with van der Waals surface area (Å²) in [5.74, 6) is -1.11. The van der Waals surface area contributed by atoms with Gasteiger partial charge in [-0.25, -0.2) is 18.2 Å². The van der Waals surface area contributed by atoms with Gasteiger partial charge in [0.2, 0.25) is 0 Å². The van der Waals surface area contributed by atoms with Crippen LogP contribution < -0.4 is 4.72 Å². The van der Waals surface area contributed by atoms with Gasteiger partial charge in [0.05, 0.1) is 10.5 Å². The van der Waals surface area contributed by atoms with Crippen molar-refractivity contribution in [2.75, 3.05) is 4.72 Å². The Morgan fingerprint density at radius 1 is 1.33 bits per heavy atom. The van der Waals surface area contributed by atoms with E-state index in [1.54, 1.807) is 12.1 Å². The molecule has 6 nitrogen and oxygen atoms in total. The Labute approximate surface area is 126 Å². The molecule has 21 heavy (non-hydrogen) atoms. The molecule has 1 aromatic heterocycles. The van der Waals surface area contributed by atoms with Gasteiger partial charge in [-0.1, -0.05) is 17.7 Å². The van der Waals surface area contributed by atoms with Gasteiger partial charge >= 0.3 is 5.97 Å². The van der Waals surface area contributed by atoms with Gasteiger partial charge in [-0.2, -0.15) is 0 Å². The lowest BCUT2D eigenvalue weighted by molar-refractivity contribution is 0.0696. The molecule has 0 atom stereocenters. The molecule has 0 saturated carbocycles. The fourth-order valence-corrected chi connectivity index (χ4v) is 3.36.